The quantitative estimate of drug-likeness (QED) is 0.797. The van der Waals surface area contributed by atoms with Gasteiger partial charge in [-0.25, -0.2) is 5.01 Å². The molecule has 128 valence electrons. The van der Waals surface area contributed by atoms with Gasteiger partial charge in [0.1, 0.15) is 5.75 Å². The number of para-hydroxylation sites is 1. The standard InChI is InChI=1S/C21H23N3O/c1-23-13-11-21(12-14-23)24-19(17-9-5-6-10-20(17)25-21)15-18(22-24)16-7-3-2-4-8-16/h2-10,19H,11-15H2,1H3/t19-/m0/s1. The van der Waals surface area contributed by atoms with Crippen LogP contribution in [0.3, 0.4) is 0 Å². The average molecular weight is 333 g/mol. The molecule has 4 nitrogen and oxygen atoms in total. The molecule has 2 aromatic carbocycles. The van der Waals surface area contributed by atoms with Crippen molar-refractivity contribution in [3.8, 4) is 5.75 Å². The van der Waals surface area contributed by atoms with Gasteiger partial charge in [0, 0.05) is 37.9 Å². The van der Waals surface area contributed by atoms with Crippen molar-refractivity contribution in [1.29, 1.82) is 0 Å². The van der Waals surface area contributed by atoms with E-state index in [1.165, 1.54) is 16.8 Å². The van der Waals surface area contributed by atoms with E-state index < -0.39 is 0 Å². The second kappa shape index (κ2) is 5.60. The van der Waals surface area contributed by atoms with Crippen LogP contribution in [0.2, 0.25) is 0 Å². The Morgan fingerprint density at radius 1 is 1.00 bits per heavy atom. The molecule has 1 spiro atoms. The number of hydrogen-bond donors (Lipinski definition) is 0. The highest BCUT2D eigenvalue weighted by Gasteiger charge is 2.51. The van der Waals surface area contributed by atoms with Gasteiger partial charge in [0.2, 0.25) is 5.72 Å². The van der Waals surface area contributed by atoms with Gasteiger partial charge >= 0.3 is 0 Å². The molecule has 0 unspecified atom stereocenters. The van der Waals surface area contributed by atoms with Crippen LogP contribution in [-0.4, -0.2) is 41.5 Å². The smallest absolute Gasteiger partial charge is 0.200 e. The molecule has 1 atom stereocenters. The number of rotatable bonds is 1. The summed E-state index contributed by atoms with van der Waals surface area (Å²) in [6.45, 7) is 2.09. The molecule has 2 aromatic rings. The van der Waals surface area contributed by atoms with E-state index in [0.29, 0.717) is 0 Å². The van der Waals surface area contributed by atoms with Gasteiger partial charge in [0.25, 0.3) is 0 Å². The summed E-state index contributed by atoms with van der Waals surface area (Å²) in [5.74, 6) is 1.04. The Bertz CT molecular complexity index is 809. The van der Waals surface area contributed by atoms with Gasteiger partial charge in [-0.05, 0) is 18.7 Å². The minimum atomic E-state index is -0.304. The molecule has 4 heteroatoms. The predicted octanol–water partition coefficient (Wildman–Crippen LogP) is 3.65. The van der Waals surface area contributed by atoms with E-state index in [-0.39, 0.29) is 11.8 Å². The second-order valence-electron chi connectivity index (χ2n) is 7.37. The van der Waals surface area contributed by atoms with Crippen LogP contribution in [0.15, 0.2) is 59.7 Å². The fraction of sp³-hybridized carbons (Fsp3) is 0.381. The number of likely N-dealkylation sites (tertiary alicyclic amines) is 1. The molecule has 3 aliphatic rings. The number of ether oxygens (including phenoxy) is 1. The van der Waals surface area contributed by atoms with E-state index in [9.17, 15) is 0 Å². The lowest BCUT2D eigenvalue weighted by Gasteiger charge is -2.50. The van der Waals surface area contributed by atoms with Crippen LogP contribution in [0.4, 0.5) is 0 Å². The first-order chi connectivity index (χ1) is 12.3. The van der Waals surface area contributed by atoms with Crippen molar-refractivity contribution >= 4 is 5.71 Å². The Hall–Kier alpha value is -2.33. The molecule has 3 heterocycles. The fourth-order valence-corrected chi connectivity index (χ4v) is 4.33. The van der Waals surface area contributed by atoms with Crippen LogP contribution in [0.5, 0.6) is 5.75 Å². The zero-order valence-corrected chi connectivity index (χ0v) is 14.6. The van der Waals surface area contributed by atoms with E-state index in [1.807, 2.05) is 0 Å². The van der Waals surface area contributed by atoms with Crippen LogP contribution >= 0.6 is 0 Å². The third-order valence-corrected chi connectivity index (χ3v) is 5.78. The predicted molar refractivity (Wildman–Crippen MR) is 98.7 cm³/mol. The Morgan fingerprint density at radius 2 is 1.72 bits per heavy atom. The van der Waals surface area contributed by atoms with Gasteiger partial charge in [-0.15, -0.1) is 0 Å². The highest BCUT2D eigenvalue weighted by atomic mass is 16.5. The monoisotopic (exact) mass is 333 g/mol. The summed E-state index contributed by atoms with van der Waals surface area (Å²) >= 11 is 0. The molecular weight excluding hydrogens is 310 g/mol. The van der Waals surface area contributed by atoms with Crippen molar-refractivity contribution < 1.29 is 4.74 Å². The Balaban J connectivity index is 1.59. The number of nitrogens with zero attached hydrogens (tertiary/aromatic N) is 3. The van der Waals surface area contributed by atoms with E-state index in [1.54, 1.807) is 0 Å². The van der Waals surface area contributed by atoms with E-state index in [4.69, 9.17) is 9.84 Å². The van der Waals surface area contributed by atoms with Crippen molar-refractivity contribution in [3.05, 3.63) is 65.7 Å². The summed E-state index contributed by atoms with van der Waals surface area (Å²) in [4.78, 5) is 2.38. The van der Waals surface area contributed by atoms with E-state index in [2.05, 4.69) is 71.6 Å². The summed E-state index contributed by atoms with van der Waals surface area (Å²) < 4.78 is 6.60. The van der Waals surface area contributed by atoms with Gasteiger partial charge in [-0.1, -0.05) is 48.5 Å². The highest BCUT2D eigenvalue weighted by molar-refractivity contribution is 6.01. The van der Waals surface area contributed by atoms with Crippen LogP contribution in [0.25, 0.3) is 0 Å². The zero-order valence-electron chi connectivity index (χ0n) is 14.6. The average Bonchev–Trinajstić information content (AvgIpc) is 3.12. The molecule has 0 aliphatic carbocycles. The van der Waals surface area contributed by atoms with E-state index in [0.717, 1.165) is 38.1 Å². The first-order valence-electron chi connectivity index (χ1n) is 9.14. The maximum absolute atomic E-state index is 6.60. The topological polar surface area (TPSA) is 28.1 Å². The third-order valence-electron chi connectivity index (χ3n) is 5.78. The Morgan fingerprint density at radius 3 is 2.52 bits per heavy atom. The first kappa shape index (κ1) is 15.0. The van der Waals surface area contributed by atoms with Gasteiger partial charge < -0.3 is 9.64 Å². The summed E-state index contributed by atoms with van der Waals surface area (Å²) in [6, 6.07) is 19.3. The van der Waals surface area contributed by atoms with E-state index >= 15 is 0 Å². The van der Waals surface area contributed by atoms with Gasteiger partial charge in [-0.2, -0.15) is 5.10 Å². The lowest BCUT2D eigenvalue weighted by atomic mass is 9.91. The van der Waals surface area contributed by atoms with Crippen molar-refractivity contribution in [2.75, 3.05) is 20.1 Å². The van der Waals surface area contributed by atoms with Crippen LogP contribution < -0.4 is 4.74 Å². The van der Waals surface area contributed by atoms with Crippen LogP contribution in [-0.2, 0) is 0 Å². The molecule has 0 saturated carbocycles. The molecule has 3 aliphatic heterocycles. The molecule has 5 rings (SSSR count). The summed E-state index contributed by atoms with van der Waals surface area (Å²) in [7, 11) is 2.18. The number of fused-ring (bicyclic) bond motifs is 4. The molecule has 0 amide bonds. The minimum absolute atomic E-state index is 0.281. The van der Waals surface area contributed by atoms with Crippen molar-refractivity contribution in [2.45, 2.75) is 31.0 Å². The molecule has 25 heavy (non-hydrogen) atoms. The number of benzene rings is 2. The highest BCUT2D eigenvalue weighted by Crippen LogP contribution is 2.49. The maximum atomic E-state index is 6.60. The second-order valence-corrected chi connectivity index (χ2v) is 7.37. The lowest BCUT2D eigenvalue weighted by Crippen LogP contribution is -2.58. The molecule has 0 N–H and O–H groups in total. The fourth-order valence-electron chi connectivity index (χ4n) is 4.33. The number of hydrazone groups is 1. The van der Waals surface area contributed by atoms with Crippen LogP contribution in [0, 0.1) is 0 Å². The maximum Gasteiger partial charge on any atom is 0.200 e. The molecule has 1 saturated heterocycles. The Labute approximate surface area is 148 Å². The van der Waals surface area contributed by atoms with Crippen molar-refractivity contribution in [1.82, 2.24) is 9.91 Å². The summed E-state index contributed by atoms with van der Waals surface area (Å²) in [6.07, 6.45) is 2.92. The normalized spacial score (nSPS) is 24.4. The van der Waals surface area contributed by atoms with Crippen molar-refractivity contribution in [3.63, 3.8) is 0 Å². The molecule has 1 fully saturated rings. The number of piperidine rings is 1. The lowest BCUT2D eigenvalue weighted by molar-refractivity contribution is -0.147. The minimum Gasteiger partial charge on any atom is -0.466 e. The molecule has 0 radical (unpaired) electrons. The largest absolute Gasteiger partial charge is 0.466 e. The molecule has 0 aromatic heterocycles. The molecule has 0 bridgehead atoms. The third kappa shape index (κ3) is 2.35. The summed E-state index contributed by atoms with van der Waals surface area (Å²) in [5.41, 5.74) is 3.35. The van der Waals surface area contributed by atoms with Crippen molar-refractivity contribution in [2.24, 2.45) is 5.10 Å². The van der Waals surface area contributed by atoms with Gasteiger partial charge in [0.15, 0.2) is 0 Å². The van der Waals surface area contributed by atoms with Gasteiger partial charge in [-0.3, -0.25) is 0 Å². The Kier molecular flexibility index (Phi) is 3.35. The number of hydrogen-bond acceptors (Lipinski definition) is 4. The van der Waals surface area contributed by atoms with Crippen LogP contribution in [0.1, 0.15) is 36.4 Å². The SMILES string of the molecule is CN1CCC2(CC1)Oc1ccccc1[C@@H]1CC(c3ccccc3)=NN12. The summed E-state index contributed by atoms with van der Waals surface area (Å²) in [5, 5.41) is 7.37. The van der Waals surface area contributed by atoms with Gasteiger partial charge in [0.05, 0.1) is 11.8 Å². The molecular formula is C21H23N3O. The first-order valence-corrected chi connectivity index (χ1v) is 9.14. The zero-order chi connectivity index (χ0) is 16.9.